The molecule has 0 saturated heterocycles. The first-order valence-corrected chi connectivity index (χ1v) is 10.9. The van der Waals surface area contributed by atoms with Crippen molar-refractivity contribution >= 4 is 56.5 Å². The lowest BCUT2D eigenvalue weighted by Gasteiger charge is -2.34. The molecule has 3 aromatic carbocycles. The van der Waals surface area contributed by atoms with Crippen molar-refractivity contribution in [1.82, 2.24) is 0 Å². The SMILES string of the molecule is O=S(=O)(O)C(c1ccccc1O)(c1cc(Cl)ccc1Cl)c1c(Cl)ccc(Cl)c1O. The Morgan fingerprint density at radius 2 is 1.34 bits per heavy atom. The maximum atomic E-state index is 13.0. The molecule has 0 amide bonds. The summed E-state index contributed by atoms with van der Waals surface area (Å²) in [5, 5.41) is 20.7. The Morgan fingerprint density at radius 3 is 1.97 bits per heavy atom. The minimum Gasteiger partial charge on any atom is -0.508 e. The molecule has 3 N–H and O–H groups in total. The first-order valence-electron chi connectivity index (χ1n) is 7.90. The number of aromatic hydroxyl groups is 2. The quantitative estimate of drug-likeness (QED) is 0.311. The van der Waals surface area contributed by atoms with E-state index in [9.17, 15) is 23.2 Å². The van der Waals surface area contributed by atoms with Crippen LogP contribution in [0.3, 0.4) is 0 Å². The van der Waals surface area contributed by atoms with Crippen molar-refractivity contribution in [3.8, 4) is 11.5 Å². The van der Waals surface area contributed by atoms with Crippen molar-refractivity contribution in [3.63, 3.8) is 0 Å². The van der Waals surface area contributed by atoms with Gasteiger partial charge < -0.3 is 10.2 Å². The fourth-order valence-corrected chi connectivity index (χ4v) is 5.59. The van der Waals surface area contributed by atoms with Gasteiger partial charge in [0.15, 0.2) is 4.75 Å². The summed E-state index contributed by atoms with van der Waals surface area (Å²) in [6.45, 7) is 0. The summed E-state index contributed by atoms with van der Waals surface area (Å²) in [4.78, 5) is 0. The van der Waals surface area contributed by atoms with E-state index in [-0.39, 0.29) is 31.2 Å². The van der Waals surface area contributed by atoms with Gasteiger partial charge in [-0.25, -0.2) is 0 Å². The van der Waals surface area contributed by atoms with Crippen molar-refractivity contribution in [2.75, 3.05) is 0 Å². The topological polar surface area (TPSA) is 94.8 Å². The van der Waals surface area contributed by atoms with Gasteiger partial charge in [-0.05, 0) is 36.4 Å². The van der Waals surface area contributed by atoms with Gasteiger partial charge in [0, 0.05) is 31.8 Å². The van der Waals surface area contributed by atoms with Crippen LogP contribution in [0.25, 0.3) is 0 Å². The third-order valence-electron chi connectivity index (χ3n) is 4.41. The Bertz CT molecular complexity index is 1210. The van der Waals surface area contributed by atoms with Gasteiger partial charge in [0.1, 0.15) is 11.5 Å². The molecule has 0 radical (unpaired) electrons. The average molecular weight is 494 g/mol. The molecule has 0 aliphatic heterocycles. The number of hydrogen-bond donors (Lipinski definition) is 3. The van der Waals surface area contributed by atoms with Gasteiger partial charge in [-0.3, -0.25) is 4.55 Å². The van der Waals surface area contributed by atoms with Gasteiger partial charge in [0.05, 0.1) is 5.02 Å². The van der Waals surface area contributed by atoms with E-state index in [1.807, 2.05) is 0 Å². The third-order valence-corrected chi connectivity index (χ3v) is 7.01. The molecule has 3 rings (SSSR count). The maximum absolute atomic E-state index is 13.0. The molecule has 0 aliphatic rings. The van der Waals surface area contributed by atoms with Gasteiger partial charge in [-0.2, -0.15) is 8.42 Å². The van der Waals surface area contributed by atoms with E-state index in [1.165, 1.54) is 54.6 Å². The lowest BCUT2D eigenvalue weighted by Crippen LogP contribution is -2.39. The second-order valence-electron chi connectivity index (χ2n) is 6.05. The summed E-state index contributed by atoms with van der Waals surface area (Å²) in [5.41, 5.74) is -1.04. The van der Waals surface area contributed by atoms with Crippen molar-refractivity contribution in [2.24, 2.45) is 0 Å². The average Bonchev–Trinajstić information content (AvgIpc) is 2.64. The molecule has 0 spiro atoms. The van der Waals surface area contributed by atoms with Crippen molar-refractivity contribution in [3.05, 3.63) is 91.4 Å². The molecule has 0 fully saturated rings. The molecule has 0 aliphatic carbocycles. The van der Waals surface area contributed by atoms with Gasteiger partial charge in [0.2, 0.25) is 0 Å². The molecule has 29 heavy (non-hydrogen) atoms. The van der Waals surface area contributed by atoms with E-state index in [0.717, 1.165) is 0 Å². The van der Waals surface area contributed by atoms with Crippen LogP contribution in [-0.2, 0) is 14.9 Å². The van der Waals surface area contributed by atoms with Crippen LogP contribution in [-0.4, -0.2) is 23.2 Å². The van der Waals surface area contributed by atoms with Gasteiger partial charge in [-0.1, -0.05) is 64.6 Å². The zero-order valence-corrected chi connectivity index (χ0v) is 18.1. The van der Waals surface area contributed by atoms with E-state index >= 15 is 0 Å². The summed E-state index contributed by atoms with van der Waals surface area (Å²) in [6.07, 6.45) is 0. The molecule has 3 aromatic rings. The molecular formula is C19H12Cl4O5S. The largest absolute Gasteiger partial charge is 0.508 e. The number of benzene rings is 3. The highest BCUT2D eigenvalue weighted by atomic mass is 35.5. The van der Waals surface area contributed by atoms with Crippen molar-refractivity contribution < 1.29 is 23.2 Å². The second kappa shape index (κ2) is 7.87. The maximum Gasteiger partial charge on any atom is 0.283 e. The summed E-state index contributed by atoms with van der Waals surface area (Å²) >= 11 is 24.7. The summed E-state index contributed by atoms with van der Waals surface area (Å²) in [7, 11) is -5.22. The van der Waals surface area contributed by atoms with Crippen LogP contribution in [0.1, 0.15) is 16.7 Å². The minimum absolute atomic E-state index is 0.0884. The monoisotopic (exact) mass is 492 g/mol. The standard InChI is InChI=1S/C19H12Cl4O5S/c20-10-5-6-13(21)12(9-10)19(29(26,27)28,11-3-1-2-4-16(11)24)17-14(22)7-8-15(23)18(17)25/h1-9,24-25H,(H,26,27,28). The van der Waals surface area contributed by atoms with Crippen molar-refractivity contribution in [1.29, 1.82) is 0 Å². The predicted octanol–water partition coefficient (Wildman–Crippen LogP) is 5.89. The molecule has 0 bridgehead atoms. The zero-order chi connectivity index (χ0) is 21.6. The highest BCUT2D eigenvalue weighted by molar-refractivity contribution is 7.87. The lowest BCUT2D eigenvalue weighted by molar-refractivity contribution is 0.428. The van der Waals surface area contributed by atoms with Gasteiger partial charge in [-0.15, -0.1) is 0 Å². The minimum atomic E-state index is -5.22. The molecule has 5 nitrogen and oxygen atoms in total. The molecule has 0 heterocycles. The molecule has 0 aromatic heterocycles. The van der Waals surface area contributed by atoms with E-state index < -0.39 is 31.9 Å². The smallest absolute Gasteiger partial charge is 0.283 e. The van der Waals surface area contributed by atoms with Crippen LogP contribution in [0.4, 0.5) is 0 Å². The highest BCUT2D eigenvalue weighted by Gasteiger charge is 2.54. The molecule has 1 unspecified atom stereocenters. The van der Waals surface area contributed by atoms with Crippen molar-refractivity contribution in [2.45, 2.75) is 4.75 Å². The highest BCUT2D eigenvalue weighted by Crippen LogP contribution is 2.54. The molecule has 152 valence electrons. The number of hydrogen-bond acceptors (Lipinski definition) is 4. The van der Waals surface area contributed by atoms with Gasteiger partial charge in [0.25, 0.3) is 10.1 Å². The fourth-order valence-electron chi connectivity index (χ4n) is 3.24. The zero-order valence-electron chi connectivity index (χ0n) is 14.3. The van der Waals surface area contributed by atoms with Crippen LogP contribution in [0.2, 0.25) is 20.1 Å². The normalized spacial score (nSPS) is 13.8. The Hall–Kier alpha value is -1.67. The molecular weight excluding hydrogens is 482 g/mol. The van der Waals surface area contributed by atoms with E-state index in [2.05, 4.69) is 0 Å². The third kappa shape index (κ3) is 3.54. The van der Waals surface area contributed by atoms with Crippen LogP contribution in [0.5, 0.6) is 11.5 Å². The lowest BCUT2D eigenvalue weighted by atomic mass is 9.82. The van der Waals surface area contributed by atoms with Gasteiger partial charge >= 0.3 is 0 Å². The van der Waals surface area contributed by atoms with Crippen LogP contribution >= 0.6 is 46.4 Å². The number of rotatable bonds is 4. The number of phenols is 2. The van der Waals surface area contributed by atoms with Crippen LogP contribution in [0.15, 0.2) is 54.6 Å². The molecule has 0 saturated carbocycles. The van der Waals surface area contributed by atoms with Crippen LogP contribution < -0.4 is 0 Å². The van der Waals surface area contributed by atoms with E-state index in [0.29, 0.717) is 0 Å². The van der Waals surface area contributed by atoms with E-state index in [1.54, 1.807) is 0 Å². The number of halogens is 4. The first kappa shape index (κ1) is 22.0. The second-order valence-corrected chi connectivity index (χ2v) is 9.27. The van der Waals surface area contributed by atoms with Crippen LogP contribution in [0, 0.1) is 0 Å². The predicted molar refractivity (Wildman–Crippen MR) is 114 cm³/mol. The van der Waals surface area contributed by atoms with E-state index in [4.69, 9.17) is 46.4 Å². The summed E-state index contributed by atoms with van der Waals surface area (Å²) in [6, 6.07) is 11.8. The summed E-state index contributed by atoms with van der Waals surface area (Å²) < 4.78 is 33.9. The molecule has 10 heteroatoms. The fraction of sp³-hybridized carbons (Fsp3) is 0.0526. The Kier molecular flexibility index (Phi) is 5.98. The summed E-state index contributed by atoms with van der Waals surface area (Å²) in [5.74, 6) is -1.22. The number of phenolic OH excluding ortho intramolecular Hbond substituents is 2. The first-order chi connectivity index (χ1) is 13.5. The molecule has 1 atom stereocenters. The number of para-hydroxylation sites is 1. The Labute approximate surface area is 186 Å². The Balaban J connectivity index is 2.71. The Morgan fingerprint density at radius 1 is 0.759 bits per heavy atom.